The van der Waals surface area contributed by atoms with Gasteiger partial charge in [-0.05, 0) is 44.4 Å². The number of nitrogens with zero attached hydrogens (tertiary/aromatic N) is 1. The molecule has 1 aliphatic carbocycles. The number of halogens is 1. The van der Waals surface area contributed by atoms with Crippen molar-refractivity contribution in [2.75, 3.05) is 13.1 Å². The fourth-order valence-electron chi connectivity index (χ4n) is 2.19. The monoisotopic (exact) mass is 266 g/mol. The average molecular weight is 267 g/mol. The van der Waals surface area contributed by atoms with E-state index in [2.05, 4.69) is 5.32 Å². The van der Waals surface area contributed by atoms with Gasteiger partial charge in [0.2, 0.25) is 0 Å². The lowest BCUT2D eigenvalue weighted by atomic mass is 10.1. The highest BCUT2D eigenvalue weighted by molar-refractivity contribution is 6.30. The van der Waals surface area contributed by atoms with Crippen molar-refractivity contribution in [2.45, 2.75) is 32.2 Å². The Bertz CT molecular complexity index is 439. The summed E-state index contributed by atoms with van der Waals surface area (Å²) in [7, 11) is 0. The van der Waals surface area contributed by atoms with Gasteiger partial charge >= 0.3 is 6.03 Å². The second-order valence-corrected chi connectivity index (χ2v) is 5.13. The van der Waals surface area contributed by atoms with Gasteiger partial charge in [0.05, 0.1) is 5.54 Å². The fourth-order valence-corrected chi connectivity index (χ4v) is 2.38. The molecule has 1 aromatic carbocycles. The van der Waals surface area contributed by atoms with Crippen LogP contribution in [0.2, 0.25) is 5.02 Å². The molecule has 0 saturated heterocycles. The van der Waals surface area contributed by atoms with Gasteiger partial charge < -0.3 is 10.2 Å². The highest BCUT2D eigenvalue weighted by Crippen LogP contribution is 2.46. The van der Waals surface area contributed by atoms with Crippen LogP contribution < -0.4 is 5.32 Å². The summed E-state index contributed by atoms with van der Waals surface area (Å²) in [6.45, 7) is 5.44. The fraction of sp³-hybridized carbons (Fsp3) is 0.500. The van der Waals surface area contributed by atoms with Crippen LogP contribution in [0.1, 0.15) is 32.3 Å². The minimum Gasteiger partial charge on any atom is -0.328 e. The molecule has 0 radical (unpaired) electrons. The third-order valence-electron chi connectivity index (χ3n) is 3.52. The standard InChI is InChI=1S/C14H19ClN2O/c1-3-17(4-2)13(18)16-14(8-9-14)11-6-5-7-12(15)10-11/h5-7,10H,3-4,8-9H2,1-2H3,(H,16,18). The van der Waals surface area contributed by atoms with Crippen LogP contribution in [-0.4, -0.2) is 24.0 Å². The zero-order chi connectivity index (χ0) is 13.2. The zero-order valence-electron chi connectivity index (χ0n) is 10.9. The molecule has 2 amide bonds. The normalized spacial score (nSPS) is 16.2. The van der Waals surface area contributed by atoms with Gasteiger partial charge in [-0.1, -0.05) is 23.7 Å². The van der Waals surface area contributed by atoms with E-state index in [9.17, 15) is 4.79 Å². The molecule has 1 fully saturated rings. The molecular weight excluding hydrogens is 248 g/mol. The molecule has 98 valence electrons. The summed E-state index contributed by atoms with van der Waals surface area (Å²) in [5, 5.41) is 3.86. The van der Waals surface area contributed by atoms with E-state index < -0.39 is 0 Å². The van der Waals surface area contributed by atoms with Crippen molar-refractivity contribution in [3.05, 3.63) is 34.9 Å². The summed E-state index contributed by atoms with van der Waals surface area (Å²) in [5.41, 5.74) is 0.917. The molecule has 1 N–H and O–H groups in total. The van der Waals surface area contributed by atoms with Crippen LogP contribution >= 0.6 is 11.6 Å². The maximum Gasteiger partial charge on any atom is 0.318 e. The molecular formula is C14H19ClN2O. The first-order valence-electron chi connectivity index (χ1n) is 6.44. The SMILES string of the molecule is CCN(CC)C(=O)NC1(c2cccc(Cl)c2)CC1. The largest absolute Gasteiger partial charge is 0.328 e. The minimum atomic E-state index is -0.190. The quantitative estimate of drug-likeness (QED) is 0.890. The van der Waals surface area contributed by atoms with Gasteiger partial charge in [0.15, 0.2) is 0 Å². The first-order chi connectivity index (χ1) is 8.61. The number of urea groups is 1. The van der Waals surface area contributed by atoms with E-state index in [1.807, 2.05) is 38.1 Å². The van der Waals surface area contributed by atoms with Crippen molar-refractivity contribution in [2.24, 2.45) is 0 Å². The Balaban J connectivity index is 2.11. The summed E-state index contributed by atoms with van der Waals surface area (Å²) >= 11 is 6.01. The third-order valence-corrected chi connectivity index (χ3v) is 3.76. The third kappa shape index (κ3) is 2.61. The lowest BCUT2D eigenvalue weighted by molar-refractivity contribution is 0.197. The molecule has 0 heterocycles. The van der Waals surface area contributed by atoms with Gasteiger partial charge in [-0.25, -0.2) is 4.79 Å². The van der Waals surface area contributed by atoms with Crippen LogP contribution in [0.5, 0.6) is 0 Å². The molecule has 1 aromatic rings. The van der Waals surface area contributed by atoms with Gasteiger partial charge in [-0.15, -0.1) is 0 Å². The molecule has 0 spiro atoms. The maximum atomic E-state index is 12.1. The predicted molar refractivity (Wildman–Crippen MR) is 73.8 cm³/mol. The molecule has 0 aromatic heterocycles. The first-order valence-corrected chi connectivity index (χ1v) is 6.82. The lowest BCUT2D eigenvalue weighted by Crippen LogP contribution is -2.44. The van der Waals surface area contributed by atoms with Crippen molar-refractivity contribution < 1.29 is 4.79 Å². The molecule has 0 unspecified atom stereocenters. The summed E-state index contributed by atoms with van der Waals surface area (Å²) in [6.07, 6.45) is 1.97. The highest BCUT2D eigenvalue weighted by Gasteiger charge is 2.46. The summed E-state index contributed by atoms with van der Waals surface area (Å²) < 4.78 is 0. The number of benzene rings is 1. The Kier molecular flexibility index (Phi) is 3.81. The number of carbonyl (C=O) groups excluding carboxylic acids is 1. The van der Waals surface area contributed by atoms with Crippen LogP contribution in [0.25, 0.3) is 0 Å². The predicted octanol–water partition coefficient (Wildman–Crippen LogP) is 3.38. The number of carbonyl (C=O) groups is 1. The maximum absolute atomic E-state index is 12.1. The van der Waals surface area contributed by atoms with Gasteiger partial charge in [0.1, 0.15) is 0 Å². The molecule has 0 aliphatic heterocycles. The molecule has 1 aliphatic rings. The van der Waals surface area contributed by atoms with E-state index in [1.54, 1.807) is 4.90 Å². The first kappa shape index (κ1) is 13.2. The smallest absolute Gasteiger partial charge is 0.318 e. The Morgan fingerprint density at radius 1 is 1.39 bits per heavy atom. The lowest BCUT2D eigenvalue weighted by Gasteiger charge is -2.24. The van der Waals surface area contributed by atoms with Crippen molar-refractivity contribution >= 4 is 17.6 Å². The summed E-state index contributed by atoms with van der Waals surface area (Å²) in [6, 6.07) is 7.77. The number of nitrogens with one attached hydrogen (secondary N) is 1. The number of hydrogen-bond donors (Lipinski definition) is 1. The number of rotatable bonds is 4. The number of hydrogen-bond acceptors (Lipinski definition) is 1. The summed E-state index contributed by atoms with van der Waals surface area (Å²) in [4.78, 5) is 13.9. The van der Waals surface area contributed by atoms with Gasteiger partial charge in [0.25, 0.3) is 0 Å². The van der Waals surface area contributed by atoms with E-state index >= 15 is 0 Å². The zero-order valence-corrected chi connectivity index (χ0v) is 11.6. The highest BCUT2D eigenvalue weighted by atomic mass is 35.5. The van der Waals surface area contributed by atoms with Crippen LogP contribution in [0.4, 0.5) is 4.79 Å². The van der Waals surface area contributed by atoms with Crippen LogP contribution in [0, 0.1) is 0 Å². The average Bonchev–Trinajstić information content (AvgIpc) is 3.11. The van der Waals surface area contributed by atoms with E-state index in [4.69, 9.17) is 11.6 Å². The van der Waals surface area contributed by atoms with Crippen molar-refractivity contribution in [3.8, 4) is 0 Å². The number of amides is 2. The van der Waals surface area contributed by atoms with E-state index in [0.717, 1.165) is 36.5 Å². The van der Waals surface area contributed by atoms with E-state index in [1.165, 1.54) is 0 Å². The van der Waals surface area contributed by atoms with E-state index in [0.29, 0.717) is 0 Å². The second kappa shape index (κ2) is 5.19. The Labute approximate surface area is 113 Å². The Morgan fingerprint density at radius 2 is 2.06 bits per heavy atom. The van der Waals surface area contributed by atoms with Crippen molar-refractivity contribution in [1.82, 2.24) is 10.2 Å². The van der Waals surface area contributed by atoms with Crippen molar-refractivity contribution in [1.29, 1.82) is 0 Å². The second-order valence-electron chi connectivity index (χ2n) is 4.69. The topological polar surface area (TPSA) is 32.3 Å². The van der Waals surface area contributed by atoms with Gasteiger partial charge in [0, 0.05) is 18.1 Å². The molecule has 2 rings (SSSR count). The van der Waals surface area contributed by atoms with Gasteiger partial charge in [-0.2, -0.15) is 0 Å². The van der Waals surface area contributed by atoms with Gasteiger partial charge in [-0.3, -0.25) is 0 Å². The summed E-state index contributed by atoms with van der Waals surface area (Å²) in [5.74, 6) is 0. The van der Waals surface area contributed by atoms with Crippen LogP contribution in [-0.2, 0) is 5.54 Å². The molecule has 4 heteroatoms. The molecule has 0 atom stereocenters. The van der Waals surface area contributed by atoms with E-state index in [-0.39, 0.29) is 11.6 Å². The Morgan fingerprint density at radius 3 is 2.56 bits per heavy atom. The van der Waals surface area contributed by atoms with Crippen LogP contribution in [0.15, 0.2) is 24.3 Å². The molecule has 1 saturated carbocycles. The minimum absolute atomic E-state index is 0.0116. The molecule has 18 heavy (non-hydrogen) atoms. The Hall–Kier alpha value is -1.22. The van der Waals surface area contributed by atoms with Crippen molar-refractivity contribution in [3.63, 3.8) is 0 Å². The molecule has 3 nitrogen and oxygen atoms in total. The molecule has 0 bridgehead atoms. The van der Waals surface area contributed by atoms with Crippen LogP contribution in [0.3, 0.4) is 0 Å².